The number of carboxylic acid groups (broad SMARTS) is 1. The molecule has 1 N–H and O–H groups in total. The highest BCUT2D eigenvalue weighted by molar-refractivity contribution is 6.31. The maximum Gasteiger partial charge on any atom is 0.394 e. The Hall–Kier alpha value is -2.10. The minimum atomic E-state index is -1.37. The van der Waals surface area contributed by atoms with Gasteiger partial charge in [0.25, 0.3) is 0 Å². The quantitative estimate of drug-likeness (QED) is 0.802. The molecule has 1 fully saturated rings. The maximum absolute atomic E-state index is 11.3. The molecular formula is C16H21NO3. The van der Waals surface area contributed by atoms with Crippen molar-refractivity contribution in [2.24, 2.45) is 0 Å². The third-order valence-electron chi connectivity index (χ3n) is 3.05. The third-order valence-corrected chi connectivity index (χ3v) is 3.05. The van der Waals surface area contributed by atoms with Crippen molar-refractivity contribution in [1.82, 2.24) is 4.90 Å². The number of aliphatic carboxylic acids is 1. The van der Waals surface area contributed by atoms with E-state index in [0.717, 1.165) is 18.4 Å². The lowest BCUT2D eigenvalue weighted by Crippen LogP contribution is -2.40. The summed E-state index contributed by atoms with van der Waals surface area (Å²) < 4.78 is 0. The van der Waals surface area contributed by atoms with E-state index in [1.54, 1.807) is 0 Å². The van der Waals surface area contributed by atoms with Gasteiger partial charge in [-0.25, -0.2) is 4.79 Å². The van der Waals surface area contributed by atoms with Gasteiger partial charge in [0.1, 0.15) is 0 Å². The van der Waals surface area contributed by atoms with Crippen LogP contribution in [-0.2, 0) is 9.59 Å². The van der Waals surface area contributed by atoms with Gasteiger partial charge in [-0.1, -0.05) is 55.8 Å². The van der Waals surface area contributed by atoms with Gasteiger partial charge in [0.05, 0.1) is 0 Å². The molecule has 0 spiro atoms. The zero-order chi connectivity index (χ0) is 15.0. The first-order chi connectivity index (χ1) is 9.66. The molecular weight excluding hydrogens is 254 g/mol. The summed E-state index contributed by atoms with van der Waals surface area (Å²) in [5.74, 6) is -2.17. The molecule has 108 valence electrons. The van der Waals surface area contributed by atoms with Gasteiger partial charge in [-0.2, -0.15) is 0 Å². The first kappa shape index (κ1) is 16.0. The molecule has 0 unspecified atom stereocenters. The second-order valence-electron chi connectivity index (χ2n) is 4.31. The summed E-state index contributed by atoms with van der Waals surface area (Å²) in [6.07, 6.45) is 3.60. The molecule has 1 saturated heterocycles. The van der Waals surface area contributed by atoms with E-state index in [0.29, 0.717) is 13.1 Å². The maximum atomic E-state index is 11.3. The SMILES string of the molecule is CC.O=C(O)C(=O)N1CCC(=Cc2ccccc2)CC1. The van der Waals surface area contributed by atoms with Crippen LogP contribution in [0.15, 0.2) is 35.9 Å². The Morgan fingerprint density at radius 3 is 2.15 bits per heavy atom. The Bertz CT molecular complexity index is 470. The van der Waals surface area contributed by atoms with Gasteiger partial charge < -0.3 is 10.0 Å². The number of hydrogen-bond donors (Lipinski definition) is 1. The van der Waals surface area contributed by atoms with Crippen molar-refractivity contribution in [2.45, 2.75) is 26.7 Å². The highest BCUT2D eigenvalue weighted by Gasteiger charge is 2.23. The van der Waals surface area contributed by atoms with Crippen LogP contribution in [-0.4, -0.2) is 35.0 Å². The summed E-state index contributed by atoms with van der Waals surface area (Å²) in [5, 5.41) is 8.63. The first-order valence-electron chi connectivity index (χ1n) is 6.93. The first-order valence-corrected chi connectivity index (χ1v) is 6.93. The smallest absolute Gasteiger partial charge is 0.394 e. The van der Waals surface area contributed by atoms with Crippen molar-refractivity contribution < 1.29 is 14.7 Å². The van der Waals surface area contributed by atoms with Gasteiger partial charge in [0, 0.05) is 13.1 Å². The van der Waals surface area contributed by atoms with Crippen LogP contribution in [0, 0.1) is 0 Å². The van der Waals surface area contributed by atoms with Gasteiger partial charge in [-0.3, -0.25) is 4.79 Å². The van der Waals surface area contributed by atoms with Crippen molar-refractivity contribution in [3.05, 3.63) is 41.5 Å². The summed E-state index contributed by atoms with van der Waals surface area (Å²) in [4.78, 5) is 23.2. The van der Waals surface area contributed by atoms with E-state index in [2.05, 4.69) is 6.08 Å². The van der Waals surface area contributed by atoms with Crippen LogP contribution in [0.1, 0.15) is 32.3 Å². The van der Waals surface area contributed by atoms with Crippen molar-refractivity contribution in [3.63, 3.8) is 0 Å². The largest absolute Gasteiger partial charge is 0.474 e. The molecule has 1 aliphatic heterocycles. The number of benzene rings is 1. The van der Waals surface area contributed by atoms with Crippen LogP contribution in [0.25, 0.3) is 6.08 Å². The van der Waals surface area contributed by atoms with E-state index in [1.807, 2.05) is 44.2 Å². The van der Waals surface area contributed by atoms with Gasteiger partial charge in [-0.05, 0) is 18.4 Å². The molecule has 1 amide bonds. The molecule has 4 heteroatoms. The van der Waals surface area contributed by atoms with Crippen LogP contribution in [0.5, 0.6) is 0 Å². The second-order valence-corrected chi connectivity index (χ2v) is 4.31. The van der Waals surface area contributed by atoms with Crippen LogP contribution in [0.3, 0.4) is 0 Å². The van der Waals surface area contributed by atoms with E-state index in [4.69, 9.17) is 5.11 Å². The van der Waals surface area contributed by atoms with Crippen molar-refractivity contribution in [2.75, 3.05) is 13.1 Å². The summed E-state index contributed by atoms with van der Waals surface area (Å²) in [5.41, 5.74) is 2.40. The van der Waals surface area contributed by atoms with E-state index >= 15 is 0 Å². The minimum absolute atomic E-state index is 0.490. The molecule has 0 radical (unpaired) electrons. The average Bonchev–Trinajstić information content (AvgIpc) is 2.50. The predicted molar refractivity (Wildman–Crippen MR) is 79.2 cm³/mol. The number of amides is 1. The molecule has 1 aromatic rings. The molecule has 0 aromatic heterocycles. The zero-order valence-electron chi connectivity index (χ0n) is 12.0. The molecule has 0 aliphatic carbocycles. The van der Waals surface area contributed by atoms with Crippen LogP contribution in [0.2, 0.25) is 0 Å². The molecule has 1 heterocycles. The second kappa shape index (κ2) is 8.15. The number of likely N-dealkylation sites (tertiary alicyclic amines) is 1. The fourth-order valence-electron chi connectivity index (χ4n) is 2.06. The number of nitrogens with zero attached hydrogens (tertiary/aromatic N) is 1. The van der Waals surface area contributed by atoms with E-state index in [9.17, 15) is 9.59 Å². The van der Waals surface area contributed by atoms with Gasteiger partial charge in [-0.15, -0.1) is 0 Å². The molecule has 0 atom stereocenters. The molecule has 20 heavy (non-hydrogen) atoms. The van der Waals surface area contributed by atoms with Crippen LogP contribution >= 0.6 is 0 Å². The topological polar surface area (TPSA) is 57.6 Å². The fourth-order valence-corrected chi connectivity index (χ4v) is 2.06. The fraction of sp³-hybridized carbons (Fsp3) is 0.375. The Morgan fingerprint density at radius 2 is 1.65 bits per heavy atom. The average molecular weight is 275 g/mol. The van der Waals surface area contributed by atoms with Crippen LogP contribution in [0.4, 0.5) is 0 Å². The van der Waals surface area contributed by atoms with E-state index in [-0.39, 0.29) is 0 Å². The van der Waals surface area contributed by atoms with Crippen molar-refractivity contribution in [3.8, 4) is 0 Å². The number of hydrogen-bond acceptors (Lipinski definition) is 2. The standard InChI is InChI=1S/C14H15NO3.C2H6/c16-13(14(17)18)15-8-6-12(7-9-15)10-11-4-2-1-3-5-11;1-2/h1-5,10H,6-9H2,(H,17,18);1-2H3. The van der Waals surface area contributed by atoms with Crippen molar-refractivity contribution >= 4 is 18.0 Å². The minimum Gasteiger partial charge on any atom is -0.474 e. The van der Waals surface area contributed by atoms with Gasteiger partial charge in [0.2, 0.25) is 0 Å². The van der Waals surface area contributed by atoms with E-state index < -0.39 is 11.9 Å². The normalized spacial score (nSPS) is 14.1. The van der Waals surface area contributed by atoms with E-state index in [1.165, 1.54) is 10.5 Å². The monoisotopic (exact) mass is 275 g/mol. The van der Waals surface area contributed by atoms with Gasteiger partial charge >= 0.3 is 11.9 Å². The number of piperidine rings is 1. The van der Waals surface area contributed by atoms with Crippen molar-refractivity contribution in [1.29, 1.82) is 0 Å². The molecule has 1 aliphatic rings. The molecule has 0 bridgehead atoms. The number of carboxylic acids is 1. The zero-order valence-corrected chi connectivity index (χ0v) is 12.0. The Labute approximate surface area is 119 Å². The lowest BCUT2D eigenvalue weighted by molar-refractivity contribution is -0.156. The summed E-state index contributed by atoms with van der Waals surface area (Å²) >= 11 is 0. The molecule has 1 aromatic carbocycles. The Morgan fingerprint density at radius 1 is 1.10 bits per heavy atom. The number of rotatable bonds is 1. The Kier molecular flexibility index (Phi) is 6.50. The van der Waals surface area contributed by atoms with Gasteiger partial charge in [0.15, 0.2) is 0 Å². The molecule has 0 saturated carbocycles. The highest BCUT2D eigenvalue weighted by Crippen LogP contribution is 2.19. The lowest BCUT2D eigenvalue weighted by Gasteiger charge is -2.26. The van der Waals surface area contributed by atoms with Crippen LogP contribution < -0.4 is 0 Å². The third kappa shape index (κ3) is 4.53. The summed E-state index contributed by atoms with van der Waals surface area (Å²) in [6, 6.07) is 9.99. The highest BCUT2D eigenvalue weighted by atomic mass is 16.4. The molecule has 4 nitrogen and oxygen atoms in total. The predicted octanol–water partition coefficient (Wildman–Crippen LogP) is 2.80. The number of carbonyl (C=O) groups excluding carboxylic acids is 1. The summed E-state index contributed by atoms with van der Waals surface area (Å²) in [7, 11) is 0. The Balaban J connectivity index is 0.000000956. The number of carbonyl (C=O) groups is 2. The molecule has 2 rings (SSSR count). The summed E-state index contributed by atoms with van der Waals surface area (Å²) in [6.45, 7) is 4.98. The lowest BCUT2D eigenvalue weighted by atomic mass is 10.0.